The molecule has 0 atom stereocenters. The Kier molecular flexibility index (Phi) is 6.80. The lowest BCUT2D eigenvalue weighted by Gasteiger charge is -2.38. The highest BCUT2D eigenvalue weighted by Crippen LogP contribution is 2.56. The van der Waals surface area contributed by atoms with Crippen LogP contribution in [-0.2, 0) is 10.8 Å². The highest BCUT2D eigenvalue weighted by atomic mass is 32.1. The van der Waals surface area contributed by atoms with Crippen LogP contribution in [0, 0.1) is 20.8 Å². The van der Waals surface area contributed by atoms with Crippen molar-refractivity contribution in [3.63, 3.8) is 0 Å². The van der Waals surface area contributed by atoms with Crippen molar-refractivity contribution >= 4 is 72.3 Å². The Morgan fingerprint density at radius 1 is 0.717 bits per heavy atom. The maximum atomic E-state index is 7.03. The standard InChI is InChI=1S/C48H43BN2OS/c1-27-13-18-31(19-14-27)51(32-20-15-28(2)16-21-32)38-26-37-44(41-33-11-9-10-12-35(33)48(7,8)42(38)41)49-43-36(50-37)23-29(3)24-39(43)52-45-34-25-30(47(4,5)6)17-22-40(34)53-46(45)49/h9-26,50H,1-8H3. The van der Waals surface area contributed by atoms with Gasteiger partial charge in [0, 0.05) is 43.0 Å². The molecule has 3 heterocycles. The molecule has 0 saturated heterocycles. The number of benzene rings is 6. The van der Waals surface area contributed by atoms with Gasteiger partial charge >= 0.3 is 0 Å². The average Bonchev–Trinajstić information content (AvgIpc) is 3.61. The molecule has 2 aliphatic heterocycles. The molecule has 0 bridgehead atoms. The molecule has 0 fully saturated rings. The average molecular weight is 707 g/mol. The van der Waals surface area contributed by atoms with Gasteiger partial charge in [-0.1, -0.05) is 100 Å². The molecule has 0 amide bonds. The first-order chi connectivity index (χ1) is 25.4. The summed E-state index contributed by atoms with van der Waals surface area (Å²) in [5.74, 6) is 1.98. The molecule has 6 aromatic carbocycles. The minimum absolute atomic E-state index is 0.0213. The van der Waals surface area contributed by atoms with E-state index in [-0.39, 0.29) is 17.5 Å². The van der Waals surface area contributed by atoms with Gasteiger partial charge in [-0.15, -0.1) is 11.3 Å². The number of hydrogen-bond acceptors (Lipinski definition) is 4. The van der Waals surface area contributed by atoms with Crippen LogP contribution in [0.1, 0.15) is 68.0 Å². The molecule has 0 radical (unpaired) electrons. The zero-order valence-electron chi connectivity index (χ0n) is 31.7. The van der Waals surface area contributed by atoms with Crippen molar-refractivity contribution in [2.45, 2.75) is 66.2 Å². The topological polar surface area (TPSA) is 24.5 Å². The van der Waals surface area contributed by atoms with Crippen LogP contribution >= 0.6 is 11.3 Å². The molecular weight excluding hydrogens is 663 g/mol. The number of nitrogens with one attached hydrogen (secondary N) is 1. The number of hydrogen-bond donors (Lipinski definition) is 1. The fourth-order valence-corrected chi connectivity index (χ4v) is 10.4. The maximum Gasteiger partial charge on any atom is 0.269 e. The van der Waals surface area contributed by atoms with E-state index in [1.165, 1.54) is 76.0 Å². The number of ether oxygens (including phenoxy) is 1. The highest BCUT2D eigenvalue weighted by Gasteiger charge is 2.48. The number of nitrogens with zero attached hydrogens (tertiary/aromatic N) is 1. The lowest BCUT2D eigenvalue weighted by atomic mass is 9.36. The van der Waals surface area contributed by atoms with Crippen LogP contribution in [0.25, 0.3) is 21.2 Å². The maximum absolute atomic E-state index is 7.03. The summed E-state index contributed by atoms with van der Waals surface area (Å²) in [7, 11) is 0. The lowest BCUT2D eigenvalue weighted by molar-refractivity contribution is 0.494. The van der Waals surface area contributed by atoms with E-state index in [0.717, 1.165) is 34.2 Å². The smallest absolute Gasteiger partial charge is 0.269 e. The summed E-state index contributed by atoms with van der Waals surface area (Å²) in [5, 5.41) is 5.23. The summed E-state index contributed by atoms with van der Waals surface area (Å²) in [6.07, 6.45) is 0. The second kappa shape index (κ2) is 11.1. The van der Waals surface area contributed by atoms with Gasteiger partial charge in [0.1, 0.15) is 11.5 Å². The highest BCUT2D eigenvalue weighted by molar-refractivity contribution is 7.33. The first kappa shape index (κ1) is 32.4. The summed E-state index contributed by atoms with van der Waals surface area (Å²) in [6, 6.07) is 41.1. The number of fused-ring (bicyclic) bond motifs is 10. The predicted octanol–water partition coefficient (Wildman–Crippen LogP) is 11.6. The van der Waals surface area contributed by atoms with Crippen molar-refractivity contribution in [2.75, 3.05) is 10.2 Å². The zero-order chi connectivity index (χ0) is 36.6. The summed E-state index contributed by atoms with van der Waals surface area (Å²) >= 11 is 1.90. The van der Waals surface area contributed by atoms with Crippen LogP contribution in [0.4, 0.5) is 28.4 Å². The fraction of sp³-hybridized carbons (Fsp3) is 0.208. The van der Waals surface area contributed by atoms with Gasteiger partial charge in [-0.25, -0.2) is 0 Å². The van der Waals surface area contributed by atoms with Crippen LogP contribution < -0.4 is 30.7 Å². The molecule has 0 unspecified atom stereocenters. The number of rotatable bonds is 3. The van der Waals surface area contributed by atoms with Crippen molar-refractivity contribution in [3.8, 4) is 22.6 Å². The third kappa shape index (κ3) is 4.72. The van der Waals surface area contributed by atoms with E-state index >= 15 is 0 Å². The van der Waals surface area contributed by atoms with E-state index in [9.17, 15) is 0 Å². The van der Waals surface area contributed by atoms with Crippen molar-refractivity contribution in [1.82, 2.24) is 0 Å². The first-order valence-electron chi connectivity index (χ1n) is 18.8. The number of thiophene rings is 1. The molecule has 260 valence electrons. The van der Waals surface area contributed by atoms with Gasteiger partial charge in [0.2, 0.25) is 0 Å². The van der Waals surface area contributed by atoms with E-state index in [2.05, 4.69) is 175 Å². The zero-order valence-corrected chi connectivity index (χ0v) is 32.5. The SMILES string of the molecule is Cc1ccc(N(c2ccc(C)cc2)c2cc3c(c4c2C(C)(C)c2ccccc2-4)B2c4sc5ccc(C(C)(C)C)cc5c4Oc4cc(C)cc(c42)N3)cc1. The monoisotopic (exact) mass is 706 g/mol. The molecular formula is C48H43BN2OS. The Hall–Kier alpha value is -5.26. The van der Waals surface area contributed by atoms with Gasteiger partial charge in [0.15, 0.2) is 0 Å². The van der Waals surface area contributed by atoms with Crippen molar-refractivity contribution in [1.29, 1.82) is 0 Å². The van der Waals surface area contributed by atoms with Gasteiger partial charge in [-0.05, 0) is 125 Å². The van der Waals surface area contributed by atoms with Gasteiger partial charge < -0.3 is 15.0 Å². The Labute approximate surface area is 317 Å². The molecule has 1 N–H and O–H groups in total. The van der Waals surface area contributed by atoms with E-state index in [1.807, 2.05) is 11.3 Å². The number of anilines is 5. The van der Waals surface area contributed by atoms with Gasteiger partial charge in [0.05, 0.1) is 5.69 Å². The van der Waals surface area contributed by atoms with Crippen LogP contribution in [0.5, 0.6) is 11.5 Å². The Morgan fingerprint density at radius 3 is 2.06 bits per heavy atom. The van der Waals surface area contributed by atoms with Gasteiger partial charge in [-0.3, -0.25) is 0 Å². The number of aryl methyl sites for hydroxylation is 3. The van der Waals surface area contributed by atoms with Crippen LogP contribution in [0.2, 0.25) is 0 Å². The summed E-state index contributed by atoms with van der Waals surface area (Å²) in [6.45, 7) is 18.2. The fourth-order valence-electron chi connectivity index (χ4n) is 9.14. The van der Waals surface area contributed by atoms with E-state index in [4.69, 9.17) is 4.74 Å². The molecule has 3 aliphatic rings. The minimum Gasteiger partial charge on any atom is -0.457 e. The van der Waals surface area contributed by atoms with Crippen LogP contribution in [-0.4, -0.2) is 6.71 Å². The molecule has 0 spiro atoms. The molecule has 7 aromatic rings. The van der Waals surface area contributed by atoms with Crippen LogP contribution in [0.15, 0.2) is 109 Å². The predicted molar refractivity (Wildman–Crippen MR) is 228 cm³/mol. The Balaban J connectivity index is 1.32. The molecule has 1 aliphatic carbocycles. The second-order valence-electron chi connectivity index (χ2n) is 16.9. The molecule has 0 saturated carbocycles. The van der Waals surface area contributed by atoms with Crippen molar-refractivity contribution in [3.05, 3.63) is 143 Å². The lowest BCUT2D eigenvalue weighted by Crippen LogP contribution is -2.58. The quantitative estimate of drug-likeness (QED) is 0.185. The third-order valence-electron chi connectivity index (χ3n) is 11.8. The molecule has 53 heavy (non-hydrogen) atoms. The summed E-state index contributed by atoms with van der Waals surface area (Å²) < 4.78 is 9.59. The molecule has 5 heteroatoms. The van der Waals surface area contributed by atoms with Gasteiger partial charge in [0.25, 0.3) is 6.71 Å². The second-order valence-corrected chi connectivity index (χ2v) is 18.0. The van der Waals surface area contributed by atoms with Crippen molar-refractivity contribution in [2.24, 2.45) is 0 Å². The van der Waals surface area contributed by atoms with Gasteiger partial charge in [-0.2, -0.15) is 0 Å². The van der Waals surface area contributed by atoms with E-state index < -0.39 is 0 Å². The van der Waals surface area contributed by atoms with Crippen molar-refractivity contribution < 1.29 is 4.74 Å². The summed E-state index contributed by atoms with van der Waals surface area (Å²) in [4.78, 5) is 2.48. The van der Waals surface area contributed by atoms with Crippen LogP contribution in [0.3, 0.4) is 0 Å². The largest absolute Gasteiger partial charge is 0.457 e. The normalized spacial score (nSPS) is 14.5. The molecule has 3 nitrogen and oxygen atoms in total. The molecule has 10 rings (SSSR count). The Bertz CT molecular complexity index is 2620. The minimum atomic E-state index is -0.254. The van der Waals surface area contributed by atoms with E-state index in [0.29, 0.717) is 0 Å². The van der Waals surface area contributed by atoms with E-state index in [1.54, 1.807) is 0 Å². The summed E-state index contributed by atoms with van der Waals surface area (Å²) in [5.41, 5.74) is 18.6. The third-order valence-corrected chi connectivity index (χ3v) is 13.0. The Morgan fingerprint density at radius 2 is 1.38 bits per heavy atom. The first-order valence-corrected chi connectivity index (χ1v) is 19.6. The molecule has 1 aromatic heterocycles.